The minimum atomic E-state index is -0.0430. The van der Waals surface area contributed by atoms with Crippen molar-refractivity contribution in [1.82, 2.24) is 15.5 Å². The summed E-state index contributed by atoms with van der Waals surface area (Å²) in [6, 6.07) is 0. The van der Waals surface area contributed by atoms with Crippen LogP contribution in [0.3, 0.4) is 0 Å². The molecular formula is C14H27N3O2. The third-order valence-electron chi connectivity index (χ3n) is 3.81. The second-order valence-corrected chi connectivity index (χ2v) is 5.33. The van der Waals surface area contributed by atoms with Gasteiger partial charge in [0.15, 0.2) is 0 Å². The number of likely N-dealkylation sites (tertiary alicyclic amines) is 1. The van der Waals surface area contributed by atoms with Crippen LogP contribution in [0, 0.1) is 11.8 Å². The Kier molecular flexibility index (Phi) is 6.84. The van der Waals surface area contributed by atoms with Crippen molar-refractivity contribution in [3.8, 4) is 0 Å². The van der Waals surface area contributed by atoms with Gasteiger partial charge in [-0.2, -0.15) is 0 Å². The van der Waals surface area contributed by atoms with E-state index in [2.05, 4.69) is 10.6 Å². The normalized spacial score (nSPS) is 21.0. The summed E-state index contributed by atoms with van der Waals surface area (Å²) in [6.45, 7) is 6.77. The van der Waals surface area contributed by atoms with Gasteiger partial charge in [-0.15, -0.1) is 0 Å². The maximum Gasteiger partial charge on any atom is 0.225 e. The number of hydrogen-bond donors (Lipinski definition) is 2. The van der Waals surface area contributed by atoms with Crippen LogP contribution in [0.5, 0.6) is 0 Å². The van der Waals surface area contributed by atoms with Crippen LogP contribution < -0.4 is 10.6 Å². The highest BCUT2D eigenvalue weighted by Gasteiger charge is 2.29. The topological polar surface area (TPSA) is 61.4 Å². The number of carbonyl (C=O) groups is 2. The lowest BCUT2D eigenvalue weighted by Gasteiger charge is -2.33. The fourth-order valence-electron chi connectivity index (χ4n) is 2.33. The molecule has 0 saturated carbocycles. The van der Waals surface area contributed by atoms with Crippen molar-refractivity contribution in [2.24, 2.45) is 11.8 Å². The number of piperidine rings is 1. The molecule has 0 aromatic carbocycles. The highest BCUT2D eigenvalue weighted by atomic mass is 16.2. The average molecular weight is 269 g/mol. The maximum absolute atomic E-state index is 12.1. The van der Waals surface area contributed by atoms with Crippen molar-refractivity contribution in [1.29, 1.82) is 0 Å². The zero-order chi connectivity index (χ0) is 14.3. The summed E-state index contributed by atoms with van der Waals surface area (Å²) < 4.78 is 0. The first-order chi connectivity index (χ1) is 9.10. The van der Waals surface area contributed by atoms with Gasteiger partial charge in [-0.3, -0.25) is 9.59 Å². The van der Waals surface area contributed by atoms with Crippen molar-refractivity contribution in [3.05, 3.63) is 0 Å². The maximum atomic E-state index is 12.1. The molecule has 2 N–H and O–H groups in total. The fourth-order valence-corrected chi connectivity index (χ4v) is 2.33. The number of likely N-dealkylation sites (N-methyl/N-ethyl adjacent to an activating group) is 1. The average Bonchev–Trinajstić information content (AvgIpc) is 2.45. The van der Waals surface area contributed by atoms with Crippen LogP contribution in [0.25, 0.3) is 0 Å². The number of rotatable bonds is 6. The predicted octanol–water partition coefficient (Wildman–Crippen LogP) is 0.607. The Morgan fingerprint density at radius 3 is 2.74 bits per heavy atom. The molecule has 110 valence electrons. The molecule has 0 radical (unpaired) electrons. The van der Waals surface area contributed by atoms with Crippen LogP contribution in [0.15, 0.2) is 0 Å². The van der Waals surface area contributed by atoms with E-state index in [-0.39, 0.29) is 23.7 Å². The Morgan fingerprint density at radius 2 is 2.11 bits per heavy atom. The summed E-state index contributed by atoms with van der Waals surface area (Å²) in [6.07, 6.45) is 2.66. The van der Waals surface area contributed by atoms with Crippen LogP contribution in [0.2, 0.25) is 0 Å². The van der Waals surface area contributed by atoms with E-state index in [0.29, 0.717) is 13.1 Å². The molecular weight excluding hydrogens is 242 g/mol. The van der Waals surface area contributed by atoms with Crippen LogP contribution in [-0.2, 0) is 9.59 Å². The van der Waals surface area contributed by atoms with E-state index < -0.39 is 0 Å². The molecule has 0 spiro atoms. The predicted molar refractivity (Wildman–Crippen MR) is 75.7 cm³/mol. The van der Waals surface area contributed by atoms with E-state index in [1.807, 2.05) is 25.8 Å². The smallest absolute Gasteiger partial charge is 0.225 e. The van der Waals surface area contributed by atoms with Crippen molar-refractivity contribution >= 4 is 11.8 Å². The van der Waals surface area contributed by atoms with Gasteiger partial charge < -0.3 is 15.5 Å². The first-order valence-corrected chi connectivity index (χ1v) is 7.31. The zero-order valence-corrected chi connectivity index (χ0v) is 12.4. The van der Waals surface area contributed by atoms with Crippen molar-refractivity contribution < 1.29 is 9.59 Å². The van der Waals surface area contributed by atoms with Gasteiger partial charge in [0.2, 0.25) is 11.8 Å². The number of hydrogen-bond acceptors (Lipinski definition) is 3. The second kappa shape index (κ2) is 8.15. The van der Waals surface area contributed by atoms with Gasteiger partial charge in [-0.25, -0.2) is 0 Å². The minimum Gasteiger partial charge on any atom is -0.355 e. The largest absolute Gasteiger partial charge is 0.355 e. The van der Waals surface area contributed by atoms with Crippen molar-refractivity contribution in [3.63, 3.8) is 0 Å². The zero-order valence-electron chi connectivity index (χ0n) is 12.4. The molecule has 0 bridgehead atoms. The molecule has 0 aromatic rings. The lowest BCUT2D eigenvalue weighted by molar-refractivity contribution is -0.138. The minimum absolute atomic E-state index is 0.0430. The highest BCUT2D eigenvalue weighted by Crippen LogP contribution is 2.19. The van der Waals surface area contributed by atoms with Gasteiger partial charge in [0.05, 0.1) is 5.92 Å². The Balaban J connectivity index is 2.45. The Bertz CT molecular complexity index is 307. The van der Waals surface area contributed by atoms with Crippen molar-refractivity contribution in [2.75, 3.05) is 33.2 Å². The monoisotopic (exact) mass is 269 g/mol. The first kappa shape index (κ1) is 16.0. The van der Waals surface area contributed by atoms with Gasteiger partial charge in [-0.1, -0.05) is 13.8 Å². The summed E-state index contributed by atoms with van der Waals surface area (Å²) in [5, 5.41) is 5.91. The molecule has 2 atom stereocenters. The van der Waals surface area contributed by atoms with Gasteiger partial charge in [-0.05, 0) is 26.3 Å². The standard InChI is InChI=1S/C14H27N3O2/c1-4-11(2)14(19)17-9-5-6-12(10-17)13(18)16-8-7-15-3/h11-12,15H,4-10H2,1-3H3,(H,16,18). The Labute approximate surface area is 116 Å². The molecule has 1 rings (SSSR count). The van der Waals surface area contributed by atoms with E-state index in [1.54, 1.807) is 0 Å². The van der Waals surface area contributed by atoms with Crippen LogP contribution in [-0.4, -0.2) is 49.9 Å². The van der Waals surface area contributed by atoms with E-state index in [4.69, 9.17) is 0 Å². The lowest BCUT2D eigenvalue weighted by Crippen LogP contribution is -2.47. The lowest BCUT2D eigenvalue weighted by atomic mass is 9.95. The Morgan fingerprint density at radius 1 is 1.37 bits per heavy atom. The first-order valence-electron chi connectivity index (χ1n) is 7.31. The van der Waals surface area contributed by atoms with Gasteiger partial charge in [0, 0.05) is 32.1 Å². The molecule has 1 aliphatic heterocycles. The molecule has 1 saturated heterocycles. The summed E-state index contributed by atoms with van der Waals surface area (Å²) in [5.74, 6) is 0.289. The Hall–Kier alpha value is -1.10. The second-order valence-electron chi connectivity index (χ2n) is 5.33. The molecule has 1 heterocycles. The van der Waals surface area contributed by atoms with Crippen molar-refractivity contribution in [2.45, 2.75) is 33.1 Å². The van der Waals surface area contributed by atoms with Gasteiger partial charge >= 0.3 is 0 Å². The quantitative estimate of drug-likeness (QED) is 0.694. The molecule has 1 aliphatic rings. The van der Waals surface area contributed by atoms with E-state index in [9.17, 15) is 9.59 Å². The fraction of sp³-hybridized carbons (Fsp3) is 0.857. The summed E-state index contributed by atoms with van der Waals surface area (Å²) in [5.41, 5.74) is 0. The molecule has 0 aromatic heterocycles. The molecule has 1 fully saturated rings. The summed E-state index contributed by atoms with van der Waals surface area (Å²) in [4.78, 5) is 26.0. The number of carbonyl (C=O) groups excluding carboxylic acids is 2. The summed E-state index contributed by atoms with van der Waals surface area (Å²) >= 11 is 0. The number of amides is 2. The molecule has 2 amide bonds. The number of nitrogens with one attached hydrogen (secondary N) is 2. The molecule has 0 aliphatic carbocycles. The molecule has 19 heavy (non-hydrogen) atoms. The third kappa shape index (κ3) is 4.82. The molecule has 2 unspecified atom stereocenters. The summed E-state index contributed by atoms with van der Waals surface area (Å²) in [7, 11) is 1.86. The van der Waals surface area contributed by atoms with Crippen LogP contribution in [0.4, 0.5) is 0 Å². The van der Waals surface area contributed by atoms with E-state index in [1.165, 1.54) is 0 Å². The van der Waals surface area contributed by atoms with Gasteiger partial charge in [0.1, 0.15) is 0 Å². The van der Waals surface area contributed by atoms with Crippen LogP contribution in [0.1, 0.15) is 33.1 Å². The highest BCUT2D eigenvalue weighted by molar-refractivity contribution is 5.82. The van der Waals surface area contributed by atoms with Crippen LogP contribution >= 0.6 is 0 Å². The van der Waals surface area contributed by atoms with E-state index >= 15 is 0 Å². The molecule has 5 heteroatoms. The van der Waals surface area contributed by atoms with Gasteiger partial charge in [0.25, 0.3) is 0 Å². The van der Waals surface area contributed by atoms with E-state index in [0.717, 1.165) is 32.4 Å². The molecule has 5 nitrogen and oxygen atoms in total. The number of nitrogens with zero attached hydrogens (tertiary/aromatic N) is 1. The SMILES string of the molecule is CCC(C)C(=O)N1CCCC(C(=O)NCCNC)C1. The third-order valence-corrected chi connectivity index (χ3v) is 3.81.